The van der Waals surface area contributed by atoms with Crippen LogP contribution in [0.4, 0.5) is 10.1 Å². The van der Waals surface area contributed by atoms with Crippen LogP contribution < -0.4 is 11.1 Å². The van der Waals surface area contributed by atoms with E-state index in [0.717, 1.165) is 25.0 Å². The van der Waals surface area contributed by atoms with E-state index in [1.54, 1.807) is 6.92 Å². The van der Waals surface area contributed by atoms with Gasteiger partial charge in [0.2, 0.25) is 5.91 Å². The molecule has 0 spiro atoms. The molecule has 0 bridgehead atoms. The zero-order valence-electron chi connectivity index (χ0n) is 12.2. The number of anilines is 1. The molecule has 1 aromatic carbocycles. The first-order valence-electron chi connectivity index (χ1n) is 6.90. The van der Waals surface area contributed by atoms with E-state index in [0.29, 0.717) is 6.42 Å². The van der Waals surface area contributed by atoms with Crippen LogP contribution in [0.15, 0.2) is 18.2 Å². The van der Waals surface area contributed by atoms with E-state index in [-0.39, 0.29) is 29.1 Å². The molecule has 0 radical (unpaired) electrons. The molecule has 21 heavy (non-hydrogen) atoms. The van der Waals surface area contributed by atoms with Gasteiger partial charge in [0.05, 0.1) is 11.3 Å². The van der Waals surface area contributed by atoms with Gasteiger partial charge >= 0.3 is 5.97 Å². The standard InChI is InChI=1S/C15H21FN2O3/c1-9(4-3-5-10(2)17)14(19)18-13-7-6-11(16)8-12(13)15(20)21/h6-10H,3-5,17H2,1-2H3,(H,18,19)(H,20,21). The Kier molecular flexibility index (Phi) is 6.30. The van der Waals surface area contributed by atoms with Crippen molar-refractivity contribution in [1.29, 1.82) is 0 Å². The highest BCUT2D eigenvalue weighted by molar-refractivity contribution is 6.01. The second-order valence-electron chi connectivity index (χ2n) is 5.29. The van der Waals surface area contributed by atoms with E-state index < -0.39 is 11.8 Å². The molecular formula is C15H21FN2O3. The van der Waals surface area contributed by atoms with Gasteiger partial charge in [-0.05, 0) is 38.0 Å². The molecule has 116 valence electrons. The third-order valence-corrected chi connectivity index (χ3v) is 3.21. The Bertz CT molecular complexity index is 518. The molecule has 6 heteroatoms. The Morgan fingerprint density at radius 3 is 2.57 bits per heavy atom. The zero-order valence-corrected chi connectivity index (χ0v) is 12.2. The maximum absolute atomic E-state index is 13.1. The molecule has 0 heterocycles. The molecule has 0 saturated carbocycles. The molecule has 2 atom stereocenters. The number of hydrogen-bond acceptors (Lipinski definition) is 3. The predicted octanol–water partition coefficient (Wildman–Crippen LogP) is 2.62. The minimum atomic E-state index is -1.28. The van der Waals surface area contributed by atoms with Gasteiger partial charge in [0.15, 0.2) is 0 Å². The van der Waals surface area contributed by atoms with E-state index >= 15 is 0 Å². The minimum Gasteiger partial charge on any atom is -0.478 e. The summed E-state index contributed by atoms with van der Waals surface area (Å²) in [6, 6.07) is 3.35. The normalized spacial score (nSPS) is 13.5. The molecule has 2 unspecified atom stereocenters. The Balaban J connectivity index is 2.68. The predicted molar refractivity (Wildman–Crippen MR) is 78.7 cm³/mol. The fourth-order valence-corrected chi connectivity index (χ4v) is 1.94. The van der Waals surface area contributed by atoms with Crippen molar-refractivity contribution >= 4 is 17.6 Å². The Morgan fingerprint density at radius 1 is 1.33 bits per heavy atom. The molecule has 5 nitrogen and oxygen atoms in total. The molecule has 0 aromatic heterocycles. The van der Waals surface area contributed by atoms with Gasteiger partial charge in [-0.3, -0.25) is 4.79 Å². The Labute approximate surface area is 123 Å². The molecule has 0 aliphatic rings. The number of aromatic carboxylic acids is 1. The molecule has 0 aliphatic heterocycles. The number of benzene rings is 1. The first-order chi connectivity index (χ1) is 9.81. The SMILES string of the molecule is CC(N)CCCC(C)C(=O)Nc1ccc(F)cc1C(=O)O. The van der Waals surface area contributed by atoms with Gasteiger partial charge in [-0.25, -0.2) is 9.18 Å². The van der Waals surface area contributed by atoms with Crippen molar-refractivity contribution in [3.8, 4) is 0 Å². The number of halogens is 1. The molecule has 0 saturated heterocycles. The summed E-state index contributed by atoms with van der Waals surface area (Å²) in [5, 5.41) is 11.6. The number of carboxylic acid groups (broad SMARTS) is 1. The molecule has 1 aromatic rings. The largest absolute Gasteiger partial charge is 0.478 e. The van der Waals surface area contributed by atoms with Crippen molar-refractivity contribution in [1.82, 2.24) is 0 Å². The lowest BCUT2D eigenvalue weighted by Gasteiger charge is -2.14. The summed E-state index contributed by atoms with van der Waals surface area (Å²) >= 11 is 0. The number of nitrogens with one attached hydrogen (secondary N) is 1. The number of hydrogen-bond donors (Lipinski definition) is 3. The maximum Gasteiger partial charge on any atom is 0.337 e. The monoisotopic (exact) mass is 296 g/mol. The number of carbonyl (C=O) groups is 2. The van der Waals surface area contributed by atoms with E-state index in [9.17, 15) is 14.0 Å². The smallest absolute Gasteiger partial charge is 0.337 e. The van der Waals surface area contributed by atoms with Gasteiger partial charge < -0.3 is 16.2 Å². The fraction of sp³-hybridized carbons (Fsp3) is 0.467. The lowest BCUT2D eigenvalue weighted by molar-refractivity contribution is -0.119. The number of carboxylic acids is 1. The second-order valence-corrected chi connectivity index (χ2v) is 5.29. The molecule has 1 amide bonds. The first kappa shape index (κ1) is 17.1. The lowest BCUT2D eigenvalue weighted by atomic mass is 10.0. The number of carbonyl (C=O) groups excluding carboxylic acids is 1. The van der Waals surface area contributed by atoms with Crippen molar-refractivity contribution in [2.45, 2.75) is 39.2 Å². The highest BCUT2D eigenvalue weighted by Gasteiger charge is 2.17. The number of nitrogens with two attached hydrogens (primary N) is 1. The van der Waals surface area contributed by atoms with Crippen LogP contribution in [0.2, 0.25) is 0 Å². The quantitative estimate of drug-likeness (QED) is 0.721. The molecule has 0 aliphatic carbocycles. The second kappa shape index (κ2) is 7.73. The van der Waals surface area contributed by atoms with E-state index in [2.05, 4.69) is 5.32 Å². The maximum atomic E-state index is 13.1. The van der Waals surface area contributed by atoms with Gasteiger partial charge in [-0.1, -0.05) is 13.3 Å². The average molecular weight is 296 g/mol. The van der Waals surface area contributed by atoms with Crippen molar-refractivity contribution in [3.05, 3.63) is 29.6 Å². The van der Waals surface area contributed by atoms with Gasteiger partial charge in [0.25, 0.3) is 0 Å². The fourth-order valence-electron chi connectivity index (χ4n) is 1.94. The third kappa shape index (κ3) is 5.51. The number of rotatable bonds is 7. The zero-order chi connectivity index (χ0) is 16.0. The molecule has 1 rings (SSSR count). The van der Waals surface area contributed by atoms with Crippen molar-refractivity contribution < 1.29 is 19.1 Å². The van der Waals surface area contributed by atoms with Crippen molar-refractivity contribution in [3.63, 3.8) is 0 Å². The summed E-state index contributed by atoms with van der Waals surface area (Å²) in [7, 11) is 0. The van der Waals surface area contributed by atoms with Crippen LogP contribution in [0.3, 0.4) is 0 Å². The topological polar surface area (TPSA) is 92.4 Å². The van der Waals surface area contributed by atoms with Crippen LogP contribution >= 0.6 is 0 Å². The van der Waals surface area contributed by atoms with Crippen LogP contribution in [0.25, 0.3) is 0 Å². The van der Waals surface area contributed by atoms with E-state index in [1.807, 2.05) is 6.92 Å². The van der Waals surface area contributed by atoms with Crippen LogP contribution in [-0.4, -0.2) is 23.0 Å². The Morgan fingerprint density at radius 2 is 2.00 bits per heavy atom. The first-order valence-corrected chi connectivity index (χ1v) is 6.90. The van der Waals surface area contributed by atoms with Crippen molar-refractivity contribution in [2.24, 2.45) is 11.7 Å². The van der Waals surface area contributed by atoms with Crippen LogP contribution in [-0.2, 0) is 4.79 Å². The molecule has 0 fully saturated rings. The summed E-state index contributed by atoms with van der Waals surface area (Å²) in [5.41, 5.74) is 5.49. The lowest BCUT2D eigenvalue weighted by Crippen LogP contribution is -2.22. The van der Waals surface area contributed by atoms with Gasteiger partial charge in [-0.15, -0.1) is 0 Å². The van der Waals surface area contributed by atoms with E-state index in [1.165, 1.54) is 6.07 Å². The average Bonchev–Trinajstić information content (AvgIpc) is 2.39. The van der Waals surface area contributed by atoms with Crippen LogP contribution in [0.5, 0.6) is 0 Å². The summed E-state index contributed by atoms with van der Waals surface area (Å²) in [6.07, 6.45) is 2.31. The highest BCUT2D eigenvalue weighted by atomic mass is 19.1. The van der Waals surface area contributed by atoms with Gasteiger partial charge in [0.1, 0.15) is 5.82 Å². The minimum absolute atomic E-state index is 0.0935. The summed E-state index contributed by atoms with van der Waals surface area (Å²) in [6.45, 7) is 3.67. The van der Waals surface area contributed by atoms with Crippen molar-refractivity contribution in [2.75, 3.05) is 5.32 Å². The van der Waals surface area contributed by atoms with Crippen LogP contribution in [0.1, 0.15) is 43.5 Å². The summed E-state index contributed by atoms with van der Waals surface area (Å²) in [5.74, 6) is -2.49. The van der Waals surface area contributed by atoms with Crippen LogP contribution in [0, 0.1) is 11.7 Å². The highest BCUT2D eigenvalue weighted by Crippen LogP contribution is 2.19. The van der Waals surface area contributed by atoms with Gasteiger partial charge in [-0.2, -0.15) is 0 Å². The molecule has 4 N–H and O–H groups in total. The number of amides is 1. The summed E-state index contributed by atoms with van der Waals surface area (Å²) in [4.78, 5) is 23.1. The summed E-state index contributed by atoms with van der Waals surface area (Å²) < 4.78 is 13.1. The van der Waals surface area contributed by atoms with E-state index in [4.69, 9.17) is 10.8 Å². The Hall–Kier alpha value is -1.95. The van der Waals surface area contributed by atoms with Gasteiger partial charge in [0, 0.05) is 12.0 Å². The molecular weight excluding hydrogens is 275 g/mol. The third-order valence-electron chi connectivity index (χ3n) is 3.21.